The minimum Gasteiger partial charge on any atom is -0.506 e. The van der Waals surface area contributed by atoms with Gasteiger partial charge in [-0.2, -0.15) is 0 Å². The van der Waals surface area contributed by atoms with Crippen LogP contribution in [0.5, 0.6) is 5.75 Å². The van der Waals surface area contributed by atoms with E-state index < -0.39 is 0 Å². The third kappa shape index (κ3) is 3.17. The first kappa shape index (κ1) is 11.9. The summed E-state index contributed by atoms with van der Waals surface area (Å²) in [5.74, 6) is -0.149. The summed E-state index contributed by atoms with van der Waals surface area (Å²) in [5, 5.41) is 12.2. The lowest BCUT2D eigenvalue weighted by Gasteiger charge is -2.29. The fourth-order valence-electron chi connectivity index (χ4n) is 1.97. The Morgan fingerprint density at radius 2 is 2.18 bits per heavy atom. The Bertz CT molecular complexity index is 400. The van der Waals surface area contributed by atoms with Crippen LogP contribution in [0.25, 0.3) is 0 Å². The number of likely N-dealkylation sites (tertiary alicyclic amines) is 1. The first-order chi connectivity index (χ1) is 8.15. The molecule has 1 aromatic heterocycles. The van der Waals surface area contributed by atoms with Gasteiger partial charge in [-0.1, -0.05) is 0 Å². The molecule has 0 bridgehead atoms. The quantitative estimate of drug-likeness (QED) is 0.788. The van der Waals surface area contributed by atoms with Gasteiger partial charge in [0, 0.05) is 12.2 Å². The number of amides is 1. The van der Waals surface area contributed by atoms with Crippen molar-refractivity contribution in [1.29, 1.82) is 0 Å². The van der Waals surface area contributed by atoms with Crippen LogP contribution in [-0.2, 0) is 0 Å². The fraction of sp³-hybridized carbons (Fsp3) is 0.500. The smallest absolute Gasteiger partial charge is 0.253 e. The molecule has 0 radical (unpaired) electrons. The number of aromatic nitrogens is 1. The Morgan fingerprint density at radius 3 is 2.82 bits per heavy atom. The third-order valence-electron chi connectivity index (χ3n) is 3.04. The number of carbonyl (C=O) groups is 1. The molecule has 0 atom stereocenters. The molecular formula is C12H17N3O2. The number of carbonyl (C=O) groups excluding carboxylic acids is 1. The highest BCUT2D eigenvalue weighted by atomic mass is 16.3. The lowest BCUT2D eigenvalue weighted by molar-refractivity contribution is 0.0916. The van der Waals surface area contributed by atoms with Crippen molar-refractivity contribution in [1.82, 2.24) is 15.2 Å². The Hall–Kier alpha value is -1.62. The predicted molar refractivity (Wildman–Crippen MR) is 63.9 cm³/mol. The second-order valence-corrected chi connectivity index (χ2v) is 4.48. The zero-order chi connectivity index (χ0) is 12.3. The molecule has 0 aromatic carbocycles. The van der Waals surface area contributed by atoms with Crippen LogP contribution >= 0.6 is 0 Å². The summed E-state index contributed by atoms with van der Waals surface area (Å²) in [6.45, 7) is 2.01. The Labute approximate surface area is 100 Å². The van der Waals surface area contributed by atoms with Crippen molar-refractivity contribution in [3.05, 3.63) is 24.0 Å². The number of hydrogen-bond donors (Lipinski definition) is 2. The number of nitrogens with zero attached hydrogens (tertiary/aromatic N) is 2. The summed E-state index contributed by atoms with van der Waals surface area (Å²) in [7, 11) is 2.08. The van der Waals surface area contributed by atoms with E-state index in [1.807, 2.05) is 0 Å². The Balaban J connectivity index is 1.93. The Morgan fingerprint density at radius 1 is 1.47 bits per heavy atom. The predicted octanol–water partition coefficient (Wildman–Crippen LogP) is 0.611. The Kier molecular flexibility index (Phi) is 3.58. The van der Waals surface area contributed by atoms with E-state index in [4.69, 9.17) is 0 Å². The number of rotatable bonds is 2. The molecule has 17 heavy (non-hydrogen) atoms. The molecule has 2 rings (SSSR count). The summed E-state index contributed by atoms with van der Waals surface area (Å²) in [6.07, 6.45) is 4.71. The SMILES string of the molecule is CN1CCC(NC(=O)c2cncc(O)c2)CC1. The van der Waals surface area contributed by atoms with Crippen molar-refractivity contribution in [3.63, 3.8) is 0 Å². The largest absolute Gasteiger partial charge is 0.506 e. The lowest BCUT2D eigenvalue weighted by atomic mass is 10.1. The van der Waals surface area contributed by atoms with Crippen LogP contribution in [-0.4, -0.2) is 47.1 Å². The molecule has 92 valence electrons. The molecule has 2 heterocycles. The molecule has 5 nitrogen and oxygen atoms in total. The summed E-state index contributed by atoms with van der Waals surface area (Å²) < 4.78 is 0. The van der Waals surface area contributed by atoms with Crippen LogP contribution in [0.4, 0.5) is 0 Å². The molecular weight excluding hydrogens is 218 g/mol. The number of hydrogen-bond acceptors (Lipinski definition) is 4. The van der Waals surface area contributed by atoms with E-state index in [0.717, 1.165) is 25.9 Å². The average molecular weight is 235 g/mol. The van der Waals surface area contributed by atoms with Gasteiger partial charge >= 0.3 is 0 Å². The van der Waals surface area contributed by atoms with E-state index >= 15 is 0 Å². The van der Waals surface area contributed by atoms with Gasteiger partial charge in [0.15, 0.2) is 0 Å². The fourth-order valence-corrected chi connectivity index (χ4v) is 1.97. The molecule has 1 aromatic rings. The molecule has 5 heteroatoms. The van der Waals surface area contributed by atoms with Gasteiger partial charge in [0.25, 0.3) is 5.91 Å². The van der Waals surface area contributed by atoms with Crippen molar-refractivity contribution in [2.24, 2.45) is 0 Å². The third-order valence-corrected chi connectivity index (χ3v) is 3.04. The number of piperidine rings is 1. The van der Waals surface area contributed by atoms with Crippen molar-refractivity contribution in [2.75, 3.05) is 20.1 Å². The highest BCUT2D eigenvalue weighted by Crippen LogP contribution is 2.11. The van der Waals surface area contributed by atoms with Gasteiger partial charge < -0.3 is 15.3 Å². The van der Waals surface area contributed by atoms with Crippen LogP contribution in [0.3, 0.4) is 0 Å². The molecule has 2 N–H and O–H groups in total. The van der Waals surface area contributed by atoms with E-state index in [1.54, 1.807) is 0 Å². The minimum absolute atomic E-state index is 0.0148. The topological polar surface area (TPSA) is 65.5 Å². The first-order valence-corrected chi connectivity index (χ1v) is 5.78. The first-order valence-electron chi connectivity index (χ1n) is 5.78. The normalized spacial score (nSPS) is 17.9. The van der Waals surface area contributed by atoms with Crippen LogP contribution in [0.2, 0.25) is 0 Å². The molecule has 0 aliphatic carbocycles. The average Bonchev–Trinajstić information content (AvgIpc) is 2.32. The zero-order valence-corrected chi connectivity index (χ0v) is 9.89. The van der Waals surface area contributed by atoms with E-state index in [9.17, 15) is 9.90 Å². The van der Waals surface area contributed by atoms with Crippen LogP contribution in [0.1, 0.15) is 23.2 Å². The van der Waals surface area contributed by atoms with Gasteiger partial charge in [-0.15, -0.1) is 0 Å². The van der Waals surface area contributed by atoms with Gasteiger partial charge in [-0.25, -0.2) is 0 Å². The molecule has 0 saturated carbocycles. The summed E-state index contributed by atoms with van der Waals surface area (Å²) >= 11 is 0. The molecule has 1 aliphatic rings. The lowest BCUT2D eigenvalue weighted by Crippen LogP contribution is -2.43. The van der Waals surface area contributed by atoms with E-state index in [-0.39, 0.29) is 17.7 Å². The van der Waals surface area contributed by atoms with Crippen molar-refractivity contribution >= 4 is 5.91 Å². The molecule has 0 spiro atoms. The highest BCUT2D eigenvalue weighted by molar-refractivity contribution is 5.94. The summed E-state index contributed by atoms with van der Waals surface area (Å²) in [6, 6.07) is 1.65. The second-order valence-electron chi connectivity index (χ2n) is 4.48. The number of pyridine rings is 1. The number of nitrogens with one attached hydrogen (secondary N) is 1. The van der Waals surface area contributed by atoms with Gasteiger partial charge in [0.05, 0.1) is 11.8 Å². The molecule has 1 aliphatic heterocycles. The van der Waals surface area contributed by atoms with Gasteiger partial charge in [-0.3, -0.25) is 9.78 Å². The van der Waals surface area contributed by atoms with Crippen LogP contribution in [0, 0.1) is 0 Å². The molecule has 1 saturated heterocycles. The number of aromatic hydroxyl groups is 1. The highest BCUT2D eigenvalue weighted by Gasteiger charge is 2.19. The summed E-state index contributed by atoms with van der Waals surface area (Å²) in [5.41, 5.74) is 0.406. The standard InChI is InChI=1S/C12H17N3O2/c1-15-4-2-10(3-5-15)14-12(17)9-6-11(16)8-13-7-9/h6-8,10,16H,2-5H2,1H3,(H,14,17). The zero-order valence-electron chi connectivity index (χ0n) is 9.89. The molecule has 1 fully saturated rings. The second kappa shape index (κ2) is 5.14. The van der Waals surface area contributed by atoms with E-state index in [0.29, 0.717) is 5.56 Å². The van der Waals surface area contributed by atoms with Crippen LogP contribution in [0.15, 0.2) is 18.5 Å². The molecule has 0 unspecified atom stereocenters. The van der Waals surface area contributed by atoms with Crippen molar-refractivity contribution in [3.8, 4) is 5.75 Å². The molecule has 1 amide bonds. The minimum atomic E-state index is -0.164. The maximum absolute atomic E-state index is 11.9. The van der Waals surface area contributed by atoms with Gasteiger partial charge in [0.1, 0.15) is 5.75 Å². The van der Waals surface area contributed by atoms with Gasteiger partial charge in [0.2, 0.25) is 0 Å². The van der Waals surface area contributed by atoms with E-state index in [1.165, 1.54) is 18.5 Å². The van der Waals surface area contributed by atoms with Crippen LogP contribution < -0.4 is 5.32 Å². The van der Waals surface area contributed by atoms with Crippen molar-refractivity contribution < 1.29 is 9.90 Å². The maximum Gasteiger partial charge on any atom is 0.253 e. The van der Waals surface area contributed by atoms with Crippen molar-refractivity contribution in [2.45, 2.75) is 18.9 Å². The van der Waals surface area contributed by atoms with Gasteiger partial charge in [-0.05, 0) is 39.0 Å². The van der Waals surface area contributed by atoms with E-state index in [2.05, 4.69) is 22.2 Å². The monoisotopic (exact) mass is 235 g/mol. The maximum atomic E-state index is 11.9. The summed E-state index contributed by atoms with van der Waals surface area (Å²) in [4.78, 5) is 17.9.